The summed E-state index contributed by atoms with van der Waals surface area (Å²) in [6, 6.07) is 5.72. The largest absolute Gasteiger partial charge is 0.126 e. The van der Waals surface area contributed by atoms with Crippen LogP contribution in [0.25, 0.3) is 0 Å². The molecule has 0 nitrogen and oxygen atoms in total. The first kappa shape index (κ1) is 14.2. The molecule has 0 heterocycles. The summed E-state index contributed by atoms with van der Waals surface area (Å²) in [5, 5.41) is 1.45. The first-order valence-corrected chi connectivity index (χ1v) is 7.55. The second kappa shape index (κ2) is 8.27. The molecule has 0 fully saturated rings. The molecule has 0 aliphatic heterocycles. The Labute approximate surface area is 113 Å². The summed E-state index contributed by atoms with van der Waals surface area (Å²) in [5.74, 6) is 1.15. The molecule has 0 spiro atoms. The van der Waals surface area contributed by atoms with Crippen LogP contribution in [0, 0.1) is 0 Å². The third-order valence-corrected chi connectivity index (χ3v) is 3.85. The molecule has 0 atom stereocenters. The number of unbranched alkanes of at least 4 members (excludes halogenated alkanes) is 4. The van der Waals surface area contributed by atoms with E-state index in [2.05, 4.69) is 6.92 Å². The standard InChI is InChI=1S/C13H18Cl2S/c1-2-3-4-5-6-7-16-13-9-11(14)8-12(15)10-13/h8-10H,2-7H2,1H3. The van der Waals surface area contributed by atoms with Crippen LogP contribution in [0.2, 0.25) is 10.0 Å². The van der Waals surface area contributed by atoms with Crippen molar-refractivity contribution in [2.24, 2.45) is 0 Å². The molecule has 90 valence electrons. The Morgan fingerprint density at radius 1 is 0.938 bits per heavy atom. The predicted octanol–water partition coefficient (Wildman–Crippen LogP) is 6.06. The van der Waals surface area contributed by atoms with Crippen molar-refractivity contribution in [3.8, 4) is 0 Å². The van der Waals surface area contributed by atoms with Gasteiger partial charge in [0.05, 0.1) is 0 Å². The van der Waals surface area contributed by atoms with Gasteiger partial charge in [-0.15, -0.1) is 11.8 Å². The number of halogens is 2. The molecule has 0 bridgehead atoms. The lowest BCUT2D eigenvalue weighted by atomic mass is 10.2. The van der Waals surface area contributed by atoms with E-state index < -0.39 is 0 Å². The minimum Gasteiger partial charge on any atom is -0.126 e. The average Bonchev–Trinajstić information content (AvgIpc) is 2.22. The van der Waals surface area contributed by atoms with E-state index in [4.69, 9.17) is 23.2 Å². The third-order valence-electron chi connectivity index (χ3n) is 2.35. The maximum absolute atomic E-state index is 5.93. The van der Waals surface area contributed by atoms with Gasteiger partial charge < -0.3 is 0 Å². The molecule has 0 saturated carbocycles. The van der Waals surface area contributed by atoms with Gasteiger partial charge in [0.15, 0.2) is 0 Å². The lowest BCUT2D eigenvalue weighted by Crippen LogP contribution is -1.82. The van der Waals surface area contributed by atoms with Gasteiger partial charge in [0.2, 0.25) is 0 Å². The zero-order chi connectivity index (χ0) is 11.8. The highest BCUT2D eigenvalue weighted by molar-refractivity contribution is 7.99. The van der Waals surface area contributed by atoms with E-state index in [0.717, 1.165) is 15.8 Å². The minimum absolute atomic E-state index is 0.723. The minimum atomic E-state index is 0.723. The smallest absolute Gasteiger partial charge is 0.0431 e. The Morgan fingerprint density at radius 2 is 1.56 bits per heavy atom. The summed E-state index contributed by atoms with van der Waals surface area (Å²) >= 11 is 13.7. The van der Waals surface area contributed by atoms with Crippen LogP contribution >= 0.6 is 35.0 Å². The SMILES string of the molecule is CCCCCCCSc1cc(Cl)cc(Cl)c1. The number of hydrogen-bond acceptors (Lipinski definition) is 1. The number of hydrogen-bond donors (Lipinski definition) is 0. The van der Waals surface area contributed by atoms with E-state index in [9.17, 15) is 0 Å². The summed E-state index contributed by atoms with van der Waals surface area (Å²) in [4.78, 5) is 1.17. The van der Waals surface area contributed by atoms with Crippen LogP contribution in [0.3, 0.4) is 0 Å². The molecule has 0 amide bonds. The Kier molecular flexibility index (Phi) is 7.35. The van der Waals surface area contributed by atoms with Crippen molar-refractivity contribution in [3.05, 3.63) is 28.2 Å². The highest BCUT2D eigenvalue weighted by Crippen LogP contribution is 2.27. The van der Waals surface area contributed by atoms with Gasteiger partial charge in [-0.25, -0.2) is 0 Å². The van der Waals surface area contributed by atoms with E-state index in [1.807, 2.05) is 23.9 Å². The lowest BCUT2D eigenvalue weighted by Gasteiger charge is -2.03. The van der Waals surface area contributed by atoms with Crippen LogP contribution in [-0.2, 0) is 0 Å². The topological polar surface area (TPSA) is 0 Å². The van der Waals surface area contributed by atoms with Crippen molar-refractivity contribution >= 4 is 35.0 Å². The van der Waals surface area contributed by atoms with E-state index in [1.165, 1.54) is 37.0 Å². The van der Waals surface area contributed by atoms with Crippen molar-refractivity contribution in [1.29, 1.82) is 0 Å². The molecule has 1 aromatic rings. The normalized spacial score (nSPS) is 10.7. The summed E-state index contributed by atoms with van der Waals surface area (Å²) in [6.07, 6.45) is 6.61. The Bertz CT molecular complexity index is 293. The van der Waals surface area contributed by atoms with Crippen molar-refractivity contribution in [2.75, 3.05) is 5.75 Å². The highest BCUT2D eigenvalue weighted by Gasteiger charge is 1.99. The molecule has 0 aliphatic rings. The van der Waals surface area contributed by atoms with Gasteiger partial charge in [-0.3, -0.25) is 0 Å². The molecule has 3 heteroatoms. The van der Waals surface area contributed by atoms with Crippen LogP contribution in [0.1, 0.15) is 39.0 Å². The maximum atomic E-state index is 5.93. The highest BCUT2D eigenvalue weighted by atomic mass is 35.5. The predicted molar refractivity (Wildman–Crippen MR) is 75.9 cm³/mol. The van der Waals surface area contributed by atoms with Crippen LogP contribution in [0.15, 0.2) is 23.1 Å². The Balaban J connectivity index is 2.21. The Morgan fingerprint density at radius 3 is 2.19 bits per heavy atom. The quantitative estimate of drug-likeness (QED) is 0.431. The van der Waals surface area contributed by atoms with Crippen LogP contribution in [0.4, 0.5) is 0 Å². The van der Waals surface area contributed by atoms with Gasteiger partial charge >= 0.3 is 0 Å². The van der Waals surface area contributed by atoms with Crippen molar-refractivity contribution < 1.29 is 0 Å². The van der Waals surface area contributed by atoms with Gasteiger partial charge in [0.1, 0.15) is 0 Å². The molecule has 1 aromatic carbocycles. The molecule has 0 radical (unpaired) electrons. The van der Waals surface area contributed by atoms with E-state index in [1.54, 1.807) is 6.07 Å². The number of thioether (sulfide) groups is 1. The van der Waals surface area contributed by atoms with E-state index in [0.29, 0.717) is 0 Å². The molecule has 0 aliphatic carbocycles. The second-order valence-corrected chi connectivity index (χ2v) is 5.91. The van der Waals surface area contributed by atoms with Crippen molar-refractivity contribution in [3.63, 3.8) is 0 Å². The molecule has 0 saturated heterocycles. The van der Waals surface area contributed by atoms with Crippen molar-refractivity contribution in [1.82, 2.24) is 0 Å². The third kappa shape index (κ3) is 6.03. The molecule has 16 heavy (non-hydrogen) atoms. The van der Waals surface area contributed by atoms with Gasteiger partial charge in [-0.05, 0) is 30.4 Å². The Hall–Kier alpha value is 0.150. The van der Waals surface area contributed by atoms with Gasteiger partial charge in [-0.1, -0.05) is 55.8 Å². The van der Waals surface area contributed by atoms with E-state index in [-0.39, 0.29) is 0 Å². The first-order chi connectivity index (χ1) is 7.72. The molecule has 0 aromatic heterocycles. The maximum Gasteiger partial charge on any atom is 0.0431 e. The first-order valence-electron chi connectivity index (χ1n) is 5.81. The monoisotopic (exact) mass is 276 g/mol. The van der Waals surface area contributed by atoms with Gasteiger partial charge in [0.25, 0.3) is 0 Å². The molecule has 1 rings (SSSR count). The fraction of sp³-hybridized carbons (Fsp3) is 0.538. The van der Waals surface area contributed by atoms with Crippen LogP contribution < -0.4 is 0 Å². The summed E-state index contributed by atoms with van der Waals surface area (Å²) in [7, 11) is 0. The average molecular weight is 277 g/mol. The summed E-state index contributed by atoms with van der Waals surface area (Å²) < 4.78 is 0. The molecule has 0 unspecified atom stereocenters. The van der Waals surface area contributed by atoms with Gasteiger partial charge in [-0.2, -0.15) is 0 Å². The second-order valence-electron chi connectivity index (χ2n) is 3.87. The number of benzene rings is 1. The van der Waals surface area contributed by atoms with Crippen molar-refractivity contribution in [2.45, 2.75) is 43.9 Å². The lowest BCUT2D eigenvalue weighted by molar-refractivity contribution is 0.659. The van der Waals surface area contributed by atoms with Crippen LogP contribution in [0.5, 0.6) is 0 Å². The fourth-order valence-corrected chi connectivity index (χ4v) is 3.17. The van der Waals surface area contributed by atoms with Gasteiger partial charge in [0, 0.05) is 14.9 Å². The van der Waals surface area contributed by atoms with E-state index >= 15 is 0 Å². The number of rotatable bonds is 7. The summed E-state index contributed by atoms with van der Waals surface area (Å²) in [5.41, 5.74) is 0. The zero-order valence-corrected chi connectivity index (χ0v) is 12.0. The molecule has 0 N–H and O–H groups in total. The fourth-order valence-electron chi connectivity index (χ4n) is 1.51. The molecular formula is C13H18Cl2S. The summed E-state index contributed by atoms with van der Waals surface area (Å²) in [6.45, 7) is 2.24. The molecular weight excluding hydrogens is 259 g/mol. The zero-order valence-electron chi connectivity index (χ0n) is 9.64. The van der Waals surface area contributed by atoms with Crippen LogP contribution in [-0.4, -0.2) is 5.75 Å².